The van der Waals surface area contributed by atoms with Gasteiger partial charge in [0.25, 0.3) is 0 Å². The van der Waals surface area contributed by atoms with E-state index in [0.717, 1.165) is 19.4 Å². The van der Waals surface area contributed by atoms with Crippen LogP contribution in [-0.2, 0) is 0 Å². The molecule has 0 aromatic carbocycles. The minimum absolute atomic E-state index is 0.240. The molecular weight excluding hydrogens is 165 g/mol. The highest BCUT2D eigenvalue weighted by Gasteiger charge is 2.47. The van der Waals surface area contributed by atoms with Gasteiger partial charge < -0.3 is 0 Å². The lowest BCUT2D eigenvalue weighted by atomic mass is 9.85. The Morgan fingerprint density at radius 2 is 2.00 bits per heavy atom. The lowest BCUT2D eigenvalue weighted by molar-refractivity contribution is 0.134. The Hall–Kier alpha value is -0.110. The summed E-state index contributed by atoms with van der Waals surface area (Å²) in [6.07, 6.45) is 2.46. The van der Waals surface area contributed by atoms with Gasteiger partial charge in [-0.1, -0.05) is 20.8 Å². The van der Waals surface area contributed by atoms with Crippen LogP contribution in [0.2, 0.25) is 0 Å². The van der Waals surface area contributed by atoms with Crippen molar-refractivity contribution in [2.75, 3.05) is 6.54 Å². The van der Waals surface area contributed by atoms with Gasteiger partial charge in [-0.05, 0) is 31.2 Å². The van der Waals surface area contributed by atoms with Crippen LogP contribution < -0.4 is 0 Å². The van der Waals surface area contributed by atoms with Gasteiger partial charge in [0.2, 0.25) is 0 Å². The van der Waals surface area contributed by atoms with Gasteiger partial charge in [-0.15, -0.1) is 0 Å². The molecule has 0 radical (unpaired) electrons. The topological polar surface area (TPSA) is 3.24 Å². The van der Waals surface area contributed by atoms with Crippen molar-refractivity contribution in [3.8, 4) is 0 Å². The molecule has 0 saturated carbocycles. The van der Waals surface area contributed by atoms with Crippen molar-refractivity contribution in [3.05, 3.63) is 0 Å². The van der Waals surface area contributed by atoms with Gasteiger partial charge in [0.1, 0.15) is 6.17 Å². The van der Waals surface area contributed by atoms with E-state index < -0.39 is 6.17 Å². The number of hydrogen-bond acceptors (Lipinski definition) is 1. The molecule has 2 heterocycles. The molecule has 2 saturated heterocycles. The Kier molecular flexibility index (Phi) is 2.14. The third kappa shape index (κ3) is 1.50. The molecule has 0 aromatic rings. The molecule has 3 atom stereocenters. The Labute approximate surface area is 80.3 Å². The maximum atomic E-state index is 13.6. The summed E-state index contributed by atoms with van der Waals surface area (Å²) in [6.45, 7) is 7.80. The summed E-state index contributed by atoms with van der Waals surface area (Å²) in [4.78, 5) is 2.41. The predicted octanol–water partition coefficient (Wildman–Crippen LogP) is 2.61. The maximum Gasteiger partial charge on any atom is 0.117 e. The van der Waals surface area contributed by atoms with Crippen molar-refractivity contribution in [1.82, 2.24) is 4.90 Å². The van der Waals surface area contributed by atoms with E-state index in [4.69, 9.17) is 0 Å². The third-order valence-electron chi connectivity index (χ3n) is 3.61. The van der Waals surface area contributed by atoms with E-state index >= 15 is 0 Å². The molecule has 76 valence electrons. The van der Waals surface area contributed by atoms with E-state index in [1.807, 2.05) is 0 Å². The highest BCUT2D eigenvalue weighted by molar-refractivity contribution is 5.01. The zero-order valence-electron chi connectivity index (χ0n) is 8.89. The molecule has 0 N–H and O–H groups in total. The summed E-state index contributed by atoms with van der Waals surface area (Å²) in [5.41, 5.74) is 0.240. The second-order valence-corrected chi connectivity index (χ2v) is 5.58. The zero-order chi connectivity index (χ0) is 9.64. The van der Waals surface area contributed by atoms with E-state index in [1.54, 1.807) is 0 Å². The summed E-state index contributed by atoms with van der Waals surface area (Å²) < 4.78 is 13.6. The summed E-state index contributed by atoms with van der Waals surface area (Å²) in [6, 6.07) is 0.722. The molecule has 0 amide bonds. The molecule has 3 unspecified atom stereocenters. The van der Waals surface area contributed by atoms with E-state index in [1.165, 1.54) is 6.42 Å². The van der Waals surface area contributed by atoms with Crippen LogP contribution in [0.5, 0.6) is 0 Å². The molecule has 0 bridgehead atoms. The maximum absolute atomic E-state index is 13.6. The van der Waals surface area contributed by atoms with Crippen molar-refractivity contribution in [3.63, 3.8) is 0 Å². The Morgan fingerprint density at radius 3 is 2.62 bits per heavy atom. The molecule has 2 rings (SSSR count). The van der Waals surface area contributed by atoms with Crippen LogP contribution in [0, 0.1) is 5.41 Å². The second-order valence-electron chi connectivity index (χ2n) is 5.58. The molecule has 0 spiro atoms. The number of fused-ring (bicyclic) bond motifs is 1. The van der Waals surface area contributed by atoms with Gasteiger partial charge in [-0.3, -0.25) is 4.90 Å². The molecular formula is C11H20FN. The van der Waals surface area contributed by atoms with Gasteiger partial charge in [0, 0.05) is 12.1 Å². The molecule has 2 fully saturated rings. The number of alkyl halides is 1. The molecule has 2 aliphatic rings. The second kappa shape index (κ2) is 2.94. The van der Waals surface area contributed by atoms with Gasteiger partial charge in [-0.2, -0.15) is 0 Å². The fourth-order valence-corrected chi connectivity index (χ4v) is 2.95. The standard InChI is InChI=1S/C11H20FN/c1-11(2,3)10-7-8(12)9-5-4-6-13(9)10/h8-10H,4-7H2,1-3H3. The smallest absolute Gasteiger partial charge is 0.117 e. The molecule has 2 heteroatoms. The van der Waals surface area contributed by atoms with Crippen LogP contribution >= 0.6 is 0 Å². The van der Waals surface area contributed by atoms with Crippen LogP contribution in [-0.4, -0.2) is 29.7 Å². The number of rotatable bonds is 0. The summed E-state index contributed by atoms with van der Waals surface area (Å²) >= 11 is 0. The summed E-state index contributed by atoms with van der Waals surface area (Å²) in [5.74, 6) is 0. The van der Waals surface area contributed by atoms with Gasteiger partial charge in [0.05, 0.1) is 0 Å². The summed E-state index contributed by atoms with van der Waals surface area (Å²) in [5, 5.41) is 0. The van der Waals surface area contributed by atoms with Gasteiger partial charge >= 0.3 is 0 Å². The lowest BCUT2D eigenvalue weighted by Crippen LogP contribution is -2.40. The first-order valence-electron chi connectivity index (χ1n) is 5.40. The first-order chi connectivity index (χ1) is 6.00. The van der Waals surface area contributed by atoms with Crippen LogP contribution in [0.3, 0.4) is 0 Å². The fraction of sp³-hybridized carbons (Fsp3) is 1.00. The Balaban J connectivity index is 2.15. The molecule has 13 heavy (non-hydrogen) atoms. The van der Waals surface area contributed by atoms with Crippen molar-refractivity contribution < 1.29 is 4.39 Å². The molecule has 2 aliphatic heterocycles. The van der Waals surface area contributed by atoms with Crippen LogP contribution in [0.15, 0.2) is 0 Å². The largest absolute Gasteiger partial charge is 0.294 e. The lowest BCUT2D eigenvalue weighted by Gasteiger charge is -2.34. The highest BCUT2D eigenvalue weighted by Crippen LogP contribution is 2.41. The highest BCUT2D eigenvalue weighted by atomic mass is 19.1. The van der Waals surface area contributed by atoms with Crippen molar-refractivity contribution in [2.45, 2.75) is 58.3 Å². The SMILES string of the molecule is CC(C)(C)C1CC(F)C2CCCN21. The minimum Gasteiger partial charge on any atom is -0.294 e. The zero-order valence-corrected chi connectivity index (χ0v) is 8.89. The van der Waals surface area contributed by atoms with Crippen LogP contribution in [0.1, 0.15) is 40.0 Å². The summed E-state index contributed by atoms with van der Waals surface area (Å²) in [7, 11) is 0. The minimum atomic E-state index is -0.563. The number of nitrogens with zero attached hydrogens (tertiary/aromatic N) is 1. The first kappa shape index (κ1) is 9.45. The monoisotopic (exact) mass is 185 g/mol. The Morgan fingerprint density at radius 1 is 1.31 bits per heavy atom. The average Bonchev–Trinajstić information content (AvgIpc) is 2.51. The van der Waals surface area contributed by atoms with E-state index in [2.05, 4.69) is 25.7 Å². The van der Waals surface area contributed by atoms with E-state index in [0.29, 0.717) is 6.04 Å². The van der Waals surface area contributed by atoms with E-state index in [9.17, 15) is 4.39 Å². The van der Waals surface area contributed by atoms with Crippen molar-refractivity contribution in [1.29, 1.82) is 0 Å². The predicted molar refractivity (Wildman–Crippen MR) is 52.5 cm³/mol. The third-order valence-corrected chi connectivity index (χ3v) is 3.61. The van der Waals surface area contributed by atoms with Crippen LogP contribution in [0.4, 0.5) is 4.39 Å². The normalized spacial score (nSPS) is 41.1. The number of hydrogen-bond donors (Lipinski definition) is 0. The Bertz CT molecular complexity index is 197. The van der Waals surface area contributed by atoms with Crippen LogP contribution in [0.25, 0.3) is 0 Å². The van der Waals surface area contributed by atoms with E-state index in [-0.39, 0.29) is 11.5 Å². The quantitative estimate of drug-likeness (QED) is 0.560. The fourth-order valence-electron chi connectivity index (χ4n) is 2.95. The number of halogens is 1. The van der Waals surface area contributed by atoms with Crippen molar-refractivity contribution >= 4 is 0 Å². The van der Waals surface area contributed by atoms with Crippen molar-refractivity contribution in [2.24, 2.45) is 5.41 Å². The molecule has 0 aliphatic carbocycles. The first-order valence-corrected chi connectivity index (χ1v) is 5.40. The molecule has 0 aromatic heterocycles. The molecule has 1 nitrogen and oxygen atoms in total. The van der Waals surface area contributed by atoms with Gasteiger partial charge in [-0.25, -0.2) is 4.39 Å². The van der Waals surface area contributed by atoms with Gasteiger partial charge in [0.15, 0.2) is 0 Å². The average molecular weight is 185 g/mol.